The molecule has 0 amide bonds. The highest BCUT2D eigenvalue weighted by atomic mass is 19.1. The molecule has 0 spiro atoms. The molecule has 0 N–H and O–H groups in total. The van der Waals surface area contributed by atoms with Crippen LogP contribution >= 0.6 is 0 Å². The smallest absolute Gasteiger partial charge is 0.221 e. The lowest BCUT2D eigenvalue weighted by atomic mass is 9.92. The Kier molecular flexibility index (Phi) is 4.50. The van der Waals surface area contributed by atoms with Crippen molar-refractivity contribution in [1.29, 1.82) is 10.5 Å². The molecule has 0 aromatic heterocycles. The molecule has 5 heteroatoms. The molecule has 1 unspecified atom stereocenters. The number of Topliss-reactive ketones (excluding diaryl/α,β-unsaturated/α-hetero) is 2. The van der Waals surface area contributed by atoms with Gasteiger partial charge in [0.2, 0.25) is 12.0 Å². The van der Waals surface area contributed by atoms with Crippen molar-refractivity contribution in [2.75, 3.05) is 0 Å². The number of nitriles is 2. The topological polar surface area (TPSA) is 81.7 Å². The second-order valence-corrected chi connectivity index (χ2v) is 4.24. The number of hydrogen-bond acceptors (Lipinski definition) is 4. The van der Waals surface area contributed by atoms with Gasteiger partial charge in [-0.15, -0.1) is 0 Å². The van der Waals surface area contributed by atoms with Crippen molar-refractivity contribution in [3.63, 3.8) is 0 Å². The summed E-state index contributed by atoms with van der Waals surface area (Å²) in [6.07, 6.45) is -2.35. The first kappa shape index (κ1) is 14.5. The number of alkyl halides is 1. The van der Waals surface area contributed by atoms with Crippen molar-refractivity contribution < 1.29 is 14.0 Å². The van der Waals surface area contributed by atoms with Gasteiger partial charge >= 0.3 is 0 Å². The summed E-state index contributed by atoms with van der Waals surface area (Å²) >= 11 is 0. The summed E-state index contributed by atoms with van der Waals surface area (Å²) in [4.78, 5) is 23.4. The SMILES string of the molecule is CC(C)C(=O)C(F)C(=O)c1c(C#N)cccc1C#N. The summed E-state index contributed by atoms with van der Waals surface area (Å²) < 4.78 is 13.8. The van der Waals surface area contributed by atoms with Gasteiger partial charge in [0.25, 0.3) is 0 Å². The van der Waals surface area contributed by atoms with E-state index in [9.17, 15) is 14.0 Å². The highest BCUT2D eigenvalue weighted by Gasteiger charge is 2.31. The average molecular weight is 258 g/mol. The van der Waals surface area contributed by atoms with Crippen LogP contribution in [0, 0.1) is 28.6 Å². The Balaban J connectivity index is 3.32. The van der Waals surface area contributed by atoms with Crippen LogP contribution in [0.1, 0.15) is 35.3 Å². The van der Waals surface area contributed by atoms with E-state index < -0.39 is 23.7 Å². The molecular weight excluding hydrogens is 247 g/mol. The van der Waals surface area contributed by atoms with E-state index in [4.69, 9.17) is 10.5 Å². The van der Waals surface area contributed by atoms with E-state index in [2.05, 4.69) is 0 Å². The van der Waals surface area contributed by atoms with Crippen molar-refractivity contribution in [1.82, 2.24) is 0 Å². The van der Waals surface area contributed by atoms with Crippen LogP contribution in [-0.2, 0) is 4.79 Å². The molecule has 0 heterocycles. The molecule has 96 valence electrons. The minimum absolute atomic E-state index is 0.108. The van der Waals surface area contributed by atoms with E-state index in [-0.39, 0.29) is 16.7 Å². The van der Waals surface area contributed by atoms with Crippen LogP contribution in [0.25, 0.3) is 0 Å². The first-order chi connectivity index (χ1) is 8.93. The quantitative estimate of drug-likeness (QED) is 0.612. The van der Waals surface area contributed by atoms with Crippen LogP contribution in [-0.4, -0.2) is 17.7 Å². The minimum Gasteiger partial charge on any atom is -0.296 e. The van der Waals surface area contributed by atoms with Gasteiger partial charge in [0.1, 0.15) is 0 Å². The summed E-state index contributed by atoms with van der Waals surface area (Å²) in [5.74, 6) is -2.63. The molecule has 0 aliphatic heterocycles. The molecule has 0 radical (unpaired) electrons. The zero-order valence-corrected chi connectivity index (χ0v) is 10.5. The van der Waals surface area contributed by atoms with E-state index in [0.29, 0.717) is 0 Å². The van der Waals surface area contributed by atoms with Crippen molar-refractivity contribution in [2.24, 2.45) is 5.92 Å². The summed E-state index contributed by atoms with van der Waals surface area (Å²) in [5, 5.41) is 17.8. The Labute approximate surface area is 110 Å². The third-order valence-corrected chi connectivity index (χ3v) is 2.60. The first-order valence-electron chi connectivity index (χ1n) is 5.59. The number of hydrogen-bond donors (Lipinski definition) is 0. The van der Waals surface area contributed by atoms with E-state index in [1.54, 1.807) is 12.1 Å². The van der Waals surface area contributed by atoms with Crippen molar-refractivity contribution >= 4 is 11.6 Å². The lowest BCUT2D eigenvalue weighted by Gasteiger charge is -2.11. The fourth-order valence-corrected chi connectivity index (χ4v) is 1.55. The molecule has 4 nitrogen and oxygen atoms in total. The van der Waals surface area contributed by atoms with Gasteiger partial charge in [-0.1, -0.05) is 19.9 Å². The van der Waals surface area contributed by atoms with Crippen LogP contribution in [0.5, 0.6) is 0 Å². The monoisotopic (exact) mass is 258 g/mol. The maximum Gasteiger partial charge on any atom is 0.221 e. The average Bonchev–Trinajstić information content (AvgIpc) is 2.43. The Hall–Kier alpha value is -2.53. The van der Waals surface area contributed by atoms with Crippen LogP contribution in [0.2, 0.25) is 0 Å². The molecule has 1 atom stereocenters. The maximum absolute atomic E-state index is 13.8. The van der Waals surface area contributed by atoms with E-state index in [1.807, 2.05) is 0 Å². The number of rotatable bonds is 4. The predicted molar refractivity (Wildman–Crippen MR) is 64.9 cm³/mol. The number of carbonyl (C=O) groups is 2. The molecule has 19 heavy (non-hydrogen) atoms. The van der Waals surface area contributed by atoms with Crippen molar-refractivity contribution in [3.8, 4) is 12.1 Å². The molecule has 0 fully saturated rings. The molecular formula is C14H11FN2O2. The summed E-state index contributed by atoms with van der Waals surface area (Å²) in [7, 11) is 0. The fraction of sp³-hybridized carbons (Fsp3) is 0.286. The third-order valence-electron chi connectivity index (χ3n) is 2.60. The van der Waals surface area contributed by atoms with Gasteiger partial charge in [-0.25, -0.2) is 4.39 Å². The van der Waals surface area contributed by atoms with E-state index >= 15 is 0 Å². The lowest BCUT2D eigenvalue weighted by Crippen LogP contribution is -2.30. The summed E-state index contributed by atoms with van der Waals surface area (Å²) in [6.45, 7) is 2.95. The maximum atomic E-state index is 13.8. The normalized spacial score (nSPS) is 11.5. The van der Waals surface area contributed by atoms with Gasteiger partial charge < -0.3 is 0 Å². The Morgan fingerprint density at radius 1 is 1.16 bits per heavy atom. The molecule has 1 aromatic rings. The zero-order chi connectivity index (χ0) is 14.6. The second-order valence-electron chi connectivity index (χ2n) is 4.24. The number of halogens is 1. The predicted octanol–water partition coefficient (Wildman–Crippen LogP) is 2.18. The molecule has 1 aromatic carbocycles. The molecule has 0 aliphatic rings. The van der Waals surface area contributed by atoms with Gasteiger partial charge in [-0.05, 0) is 12.1 Å². The van der Waals surface area contributed by atoms with Crippen LogP contribution in [0.4, 0.5) is 4.39 Å². The van der Waals surface area contributed by atoms with E-state index in [1.165, 1.54) is 32.0 Å². The van der Waals surface area contributed by atoms with Gasteiger partial charge in [-0.3, -0.25) is 9.59 Å². The number of ketones is 2. The van der Waals surface area contributed by atoms with Crippen LogP contribution in [0.3, 0.4) is 0 Å². The molecule has 0 aliphatic carbocycles. The van der Waals surface area contributed by atoms with Gasteiger partial charge in [-0.2, -0.15) is 10.5 Å². The lowest BCUT2D eigenvalue weighted by molar-refractivity contribution is -0.125. The Morgan fingerprint density at radius 3 is 2.00 bits per heavy atom. The second kappa shape index (κ2) is 5.88. The highest BCUT2D eigenvalue weighted by molar-refractivity contribution is 6.15. The van der Waals surface area contributed by atoms with Gasteiger partial charge in [0.15, 0.2) is 5.78 Å². The Morgan fingerprint density at radius 2 is 1.63 bits per heavy atom. The highest BCUT2D eigenvalue weighted by Crippen LogP contribution is 2.19. The van der Waals surface area contributed by atoms with Gasteiger partial charge in [0, 0.05) is 5.92 Å². The molecule has 0 saturated heterocycles. The standard InChI is InChI=1S/C14H11FN2O2/c1-8(2)13(18)12(15)14(19)11-9(6-16)4-3-5-10(11)7-17/h3-5,8,12H,1-2H3. The molecule has 0 saturated carbocycles. The molecule has 1 rings (SSSR count). The first-order valence-corrected chi connectivity index (χ1v) is 5.59. The van der Waals surface area contributed by atoms with Crippen LogP contribution in [0.15, 0.2) is 18.2 Å². The Bertz CT molecular complexity index is 577. The largest absolute Gasteiger partial charge is 0.296 e. The summed E-state index contributed by atoms with van der Waals surface area (Å²) in [6, 6.07) is 7.48. The number of nitrogens with zero attached hydrogens (tertiary/aromatic N) is 2. The van der Waals surface area contributed by atoms with E-state index in [0.717, 1.165) is 0 Å². The zero-order valence-electron chi connectivity index (χ0n) is 10.5. The number of carbonyl (C=O) groups excluding carboxylic acids is 2. The van der Waals surface area contributed by atoms with Crippen LogP contribution < -0.4 is 0 Å². The summed E-state index contributed by atoms with van der Waals surface area (Å²) in [5.41, 5.74) is -0.541. The van der Waals surface area contributed by atoms with Crippen molar-refractivity contribution in [3.05, 3.63) is 34.9 Å². The van der Waals surface area contributed by atoms with Gasteiger partial charge in [0.05, 0.1) is 28.8 Å². The minimum atomic E-state index is -2.35. The number of benzene rings is 1. The van der Waals surface area contributed by atoms with Crippen molar-refractivity contribution in [2.45, 2.75) is 20.0 Å². The fourth-order valence-electron chi connectivity index (χ4n) is 1.55. The third kappa shape index (κ3) is 2.83. The molecule has 0 bridgehead atoms.